The molecule has 0 amide bonds. The standard InChI is InChI=1S/C10H17NO2/c12-10(13)6-8-5-9-3-1-2-4-11(9)7-8/h8-9H,1-7H2,(H,12,13). The molecule has 0 spiro atoms. The molecule has 0 aromatic rings. The van der Waals surface area contributed by atoms with Crippen LogP contribution in [0.25, 0.3) is 0 Å². The number of hydrogen-bond acceptors (Lipinski definition) is 2. The lowest BCUT2D eigenvalue weighted by Gasteiger charge is -2.28. The molecule has 2 atom stereocenters. The van der Waals surface area contributed by atoms with Crippen molar-refractivity contribution in [2.45, 2.75) is 38.1 Å². The summed E-state index contributed by atoms with van der Waals surface area (Å²) in [6.45, 7) is 2.22. The lowest BCUT2D eigenvalue weighted by atomic mass is 9.98. The van der Waals surface area contributed by atoms with E-state index in [1.54, 1.807) is 0 Å². The Labute approximate surface area is 78.7 Å². The lowest BCUT2D eigenvalue weighted by Crippen LogP contribution is -2.34. The second-order valence-corrected chi connectivity index (χ2v) is 4.34. The van der Waals surface area contributed by atoms with Crippen molar-refractivity contribution in [3.8, 4) is 0 Å². The Morgan fingerprint density at radius 1 is 1.46 bits per heavy atom. The average molecular weight is 183 g/mol. The quantitative estimate of drug-likeness (QED) is 0.702. The summed E-state index contributed by atoms with van der Waals surface area (Å²) in [5.74, 6) is -0.217. The molecule has 1 N–H and O–H groups in total. The summed E-state index contributed by atoms with van der Waals surface area (Å²) in [7, 11) is 0. The number of aliphatic carboxylic acids is 1. The normalized spacial score (nSPS) is 34.5. The Bertz CT molecular complexity index is 191. The van der Waals surface area contributed by atoms with Crippen LogP contribution in [-0.4, -0.2) is 35.1 Å². The van der Waals surface area contributed by atoms with E-state index in [1.165, 1.54) is 25.8 Å². The van der Waals surface area contributed by atoms with E-state index in [0.717, 1.165) is 13.0 Å². The fraction of sp³-hybridized carbons (Fsp3) is 0.900. The van der Waals surface area contributed by atoms with Gasteiger partial charge in [-0.05, 0) is 31.7 Å². The molecule has 3 nitrogen and oxygen atoms in total. The van der Waals surface area contributed by atoms with Crippen LogP contribution in [0.1, 0.15) is 32.1 Å². The van der Waals surface area contributed by atoms with Gasteiger partial charge in [0.25, 0.3) is 0 Å². The van der Waals surface area contributed by atoms with Crippen LogP contribution in [0.3, 0.4) is 0 Å². The molecule has 0 radical (unpaired) electrons. The van der Waals surface area contributed by atoms with Crippen LogP contribution in [0.4, 0.5) is 0 Å². The van der Waals surface area contributed by atoms with Gasteiger partial charge in [0.1, 0.15) is 0 Å². The van der Waals surface area contributed by atoms with Gasteiger partial charge in [-0.25, -0.2) is 0 Å². The first-order valence-corrected chi connectivity index (χ1v) is 5.21. The third-order valence-corrected chi connectivity index (χ3v) is 3.31. The molecule has 0 aromatic heterocycles. The average Bonchev–Trinajstić information content (AvgIpc) is 2.44. The number of rotatable bonds is 2. The minimum absolute atomic E-state index is 0.368. The minimum atomic E-state index is -0.634. The van der Waals surface area contributed by atoms with Gasteiger partial charge in [-0.15, -0.1) is 0 Å². The van der Waals surface area contributed by atoms with Crippen LogP contribution >= 0.6 is 0 Å². The first kappa shape index (κ1) is 9.00. The van der Waals surface area contributed by atoms with Crippen molar-refractivity contribution in [3.05, 3.63) is 0 Å². The molecular weight excluding hydrogens is 166 g/mol. The summed E-state index contributed by atoms with van der Waals surface area (Å²) in [4.78, 5) is 13.0. The van der Waals surface area contributed by atoms with Gasteiger partial charge in [-0.3, -0.25) is 4.79 Å². The predicted octanol–water partition coefficient (Wildman–Crippen LogP) is 1.34. The van der Waals surface area contributed by atoms with Gasteiger partial charge in [0.05, 0.1) is 0 Å². The Hall–Kier alpha value is -0.570. The third kappa shape index (κ3) is 2.02. The molecule has 3 heteroatoms. The van der Waals surface area contributed by atoms with E-state index < -0.39 is 5.97 Å². The maximum atomic E-state index is 10.5. The highest BCUT2D eigenvalue weighted by Crippen LogP contribution is 2.31. The van der Waals surface area contributed by atoms with Gasteiger partial charge in [0, 0.05) is 19.0 Å². The maximum absolute atomic E-state index is 10.5. The van der Waals surface area contributed by atoms with E-state index in [2.05, 4.69) is 4.90 Å². The molecule has 2 saturated heterocycles. The van der Waals surface area contributed by atoms with Crippen LogP contribution < -0.4 is 0 Å². The highest BCUT2D eigenvalue weighted by Gasteiger charge is 2.34. The maximum Gasteiger partial charge on any atom is 0.303 e. The number of carboxylic acid groups (broad SMARTS) is 1. The SMILES string of the molecule is O=C(O)CC1CC2CCCCN2C1. The van der Waals surface area contributed by atoms with Gasteiger partial charge in [0.15, 0.2) is 0 Å². The summed E-state index contributed by atoms with van der Waals surface area (Å²) in [6, 6.07) is 0.707. The van der Waals surface area contributed by atoms with Crippen molar-refractivity contribution in [2.75, 3.05) is 13.1 Å². The minimum Gasteiger partial charge on any atom is -0.481 e. The molecule has 2 aliphatic rings. The summed E-state index contributed by atoms with van der Waals surface area (Å²) < 4.78 is 0. The first-order chi connectivity index (χ1) is 6.25. The van der Waals surface area contributed by atoms with Crippen LogP contribution in [0.15, 0.2) is 0 Å². The molecule has 2 rings (SSSR count). The zero-order valence-corrected chi connectivity index (χ0v) is 7.91. The lowest BCUT2D eigenvalue weighted by molar-refractivity contribution is -0.138. The fourth-order valence-electron chi connectivity index (χ4n) is 2.75. The Balaban J connectivity index is 1.87. The second kappa shape index (κ2) is 3.66. The van der Waals surface area contributed by atoms with Gasteiger partial charge in [-0.2, -0.15) is 0 Å². The molecule has 0 saturated carbocycles. The van der Waals surface area contributed by atoms with Crippen molar-refractivity contribution in [3.63, 3.8) is 0 Å². The van der Waals surface area contributed by atoms with Crippen LogP contribution in [0.2, 0.25) is 0 Å². The molecule has 0 aromatic carbocycles. The van der Waals surface area contributed by atoms with Crippen molar-refractivity contribution < 1.29 is 9.90 Å². The molecule has 0 bridgehead atoms. The van der Waals surface area contributed by atoms with Crippen molar-refractivity contribution in [1.82, 2.24) is 4.90 Å². The largest absolute Gasteiger partial charge is 0.481 e. The second-order valence-electron chi connectivity index (χ2n) is 4.34. The number of carbonyl (C=O) groups is 1. The predicted molar refractivity (Wildman–Crippen MR) is 49.6 cm³/mol. The van der Waals surface area contributed by atoms with Gasteiger partial charge in [-0.1, -0.05) is 6.42 Å². The Kier molecular flexibility index (Phi) is 2.54. The Morgan fingerprint density at radius 2 is 2.31 bits per heavy atom. The van der Waals surface area contributed by atoms with Crippen LogP contribution in [0, 0.1) is 5.92 Å². The van der Waals surface area contributed by atoms with E-state index in [0.29, 0.717) is 18.4 Å². The van der Waals surface area contributed by atoms with E-state index >= 15 is 0 Å². The molecule has 0 aliphatic carbocycles. The van der Waals surface area contributed by atoms with E-state index in [9.17, 15) is 4.79 Å². The van der Waals surface area contributed by atoms with E-state index in [4.69, 9.17) is 5.11 Å². The summed E-state index contributed by atoms with van der Waals surface area (Å²) >= 11 is 0. The van der Waals surface area contributed by atoms with E-state index in [1.807, 2.05) is 0 Å². The number of piperidine rings is 1. The molecule has 2 heterocycles. The number of carboxylic acids is 1. The monoisotopic (exact) mass is 183 g/mol. The molecular formula is C10H17NO2. The zero-order valence-electron chi connectivity index (χ0n) is 7.91. The Morgan fingerprint density at radius 3 is 3.00 bits per heavy atom. The van der Waals surface area contributed by atoms with Crippen molar-refractivity contribution in [1.29, 1.82) is 0 Å². The molecule has 13 heavy (non-hydrogen) atoms. The highest BCUT2D eigenvalue weighted by molar-refractivity contribution is 5.67. The van der Waals surface area contributed by atoms with Gasteiger partial charge >= 0.3 is 5.97 Å². The number of nitrogens with zero attached hydrogens (tertiary/aromatic N) is 1. The van der Waals surface area contributed by atoms with Crippen molar-refractivity contribution >= 4 is 5.97 Å². The number of fused-ring (bicyclic) bond motifs is 1. The fourth-order valence-corrected chi connectivity index (χ4v) is 2.75. The molecule has 74 valence electrons. The first-order valence-electron chi connectivity index (χ1n) is 5.21. The summed E-state index contributed by atoms with van der Waals surface area (Å²) in [5, 5.41) is 8.69. The zero-order chi connectivity index (χ0) is 9.26. The van der Waals surface area contributed by atoms with Crippen molar-refractivity contribution in [2.24, 2.45) is 5.92 Å². The molecule has 2 fully saturated rings. The third-order valence-electron chi connectivity index (χ3n) is 3.31. The molecule has 2 aliphatic heterocycles. The van der Waals surface area contributed by atoms with Crippen LogP contribution in [0.5, 0.6) is 0 Å². The van der Waals surface area contributed by atoms with Gasteiger partial charge in [0.2, 0.25) is 0 Å². The van der Waals surface area contributed by atoms with Crippen LogP contribution in [-0.2, 0) is 4.79 Å². The van der Waals surface area contributed by atoms with Gasteiger partial charge < -0.3 is 10.0 Å². The topological polar surface area (TPSA) is 40.5 Å². The summed E-state index contributed by atoms with van der Waals surface area (Å²) in [5.41, 5.74) is 0. The summed E-state index contributed by atoms with van der Waals surface area (Å²) in [6.07, 6.45) is 5.41. The molecule has 2 unspecified atom stereocenters. The van der Waals surface area contributed by atoms with E-state index in [-0.39, 0.29) is 0 Å². The highest BCUT2D eigenvalue weighted by atomic mass is 16.4. The number of hydrogen-bond donors (Lipinski definition) is 1. The smallest absolute Gasteiger partial charge is 0.303 e.